The second-order valence-electron chi connectivity index (χ2n) is 3.50. The molecule has 0 atom stereocenters. The molecule has 0 aliphatic carbocycles. The molecule has 5 nitrogen and oxygen atoms in total. The van der Waals surface area contributed by atoms with Gasteiger partial charge in [0.25, 0.3) is 0 Å². The van der Waals surface area contributed by atoms with Gasteiger partial charge in [0.2, 0.25) is 0 Å². The lowest BCUT2D eigenvalue weighted by Gasteiger charge is -2.06. The van der Waals surface area contributed by atoms with Crippen LogP contribution in [-0.4, -0.2) is 23.2 Å². The molecule has 0 saturated carbocycles. The maximum absolute atomic E-state index is 10.8. The highest BCUT2D eigenvalue weighted by Gasteiger charge is 2.15. The molecule has 0 spiro atoms. The third-order valence-electron chi connectivity index (χ3n) is 2.18. The van der Waals surface area contributed by atoms with Gasteiger partial charge in [0, 0.05) is 17.1 Å². The average Bonchev–Trinajstić information content (AvgIpc) is 2.30. The SMILES string of the molecule is O=[N+]([O-])c1cc(Br)ccc1OCCCCCO. The van der Waals surface area contributed by atoms with Gasteiger partial charge in [-0.3, -0.25) is 10.1 Å². The van der Waals surface area contributed by atoms with E-state index in [1.54, 1.807) is 12.1 Å². The zero-order valence-electron chi connectivity index (χ0n) is 9.26. The molecule has 1 aromatic carbocycles. The van der Waals surface area contributed by atoms with Crippen LogP contribution in [0.25, 0.3) is 0 Å². The molecule has 17 heavy (non-hydrogen) atoms. The molecular formula is C11H14BrNO4. The van der Waals surface area contributed by atoms with Gasteiger partial charge in [-0.1, -0.05) is 15.9 Å². The Morgan fingerprint density at radius 1 is 1.35 bits per heavy atom. The molecule has 0 bridgehead atoms. The summed E-state index contributed by atoms with van der Waals surface area (Å²) in [6.07, 6.45) is 2.35. The fourth-order valence-electron chi connectivity index (χ4n) is 1.33. The third-order valence-corrected chi connectivity index (χ3v) is 2.67. The number of halogens is 1. The number of nitro groups is 1. The molecule has 0 aliphatic heterocycles. The molecule has 94 valence electrons. The van der Waals surface area contributed by atoms with Gasteiger partial charge in [-0.25, -0.2) is 0 Å². The number of unbranched alkanes of at least 4 members (excludes halogenated alkanes) is 2. The van der Waals surface area contributed by atoms with Gasteiger partial charge < -0.3 is 9.84 Å². The van der Waals surface area contributed by atoms with Crippen LogP contribution in [0.15, 0.2) is 22.7 Å². The van der Waals surface area contributed by atoms with Crippen molar-refractivity contribution in [1.29, 1.82) is 0 Å². The normalized spacial score (nSPS) is 10.2. The van der Waals surface area contributed by atoms with Crippen molar-refractivity contribution in [2.75, 3.05) is 13.2 Å². The van der Waals surface area contributed by atoms with E-state index in [1.807, 2.05) is 0 Å². The first-order chi connectivity index (χ1) is 8.15. The highest BCUT2D eigenvalue weighted by Crippen LogP contribution is 2.30. The van der Waals surface area contributed by atoms with Crippen LogP contribution in [0, 0.1) is 10.1 Å². The molecular weight excluding hydrogens is 290 g/mol. The number of aliphatic hydroxyl groups excluding tert-OH is 1. The van der Waals surface area contributed by atoms with Gasteiger partial charge in [-0.05, 0) is 31.4 Å². The summed E-state index contributed by atoms with van der Waals surface area (Å²) >= 11 is 3.18. The monoisotopic (exact) mass is 303 g/mol. The molecule has 0 heterocycles. The minimum atomic E-state index is -0.464. The summed E-state index contributed by atoms with van der Waals surface area (Å²) in [5.74, 6) is 0.280. The quantitative estimate of drug-likeness (QED) is 0.477. The molecule has 6 heteroatoms. The minimum Gasteiger partial charge on any atom is -0.487 e. The molecule has 1 N–H and O–H groups in total. The Hall–Kier alpha value is -1.14. The predicted octanol–water partition coefficient (Wildman–Crippen LogP) is 2.90. The number of nitro benzene ring substituents is 1. The van der Waals surface area contributed by atoms with Crippen LogP contribution in [0.1, 0.15) is 19.3 Å². The van der Waals surface area contributed by atoms with Gasteiger partial charge in [0.05, 0.1) is 11.5 Å². The van der Waals surface area contributed by atoms with Crippen molar-refractivity contribution in [1.82, 2.24) is 0 Å². The van der Waals surface area contributed by atoms with Gasteiger partial charge in [-0.2, -0.15) is 0 Å². The Bertz CT molecular complexity index is 384. The first-order valence-corrected chi connectivity index (χ1v) is 6.12. The van der Waals surface area contributed by atoms with Gasteiger partial charge >= 0.3 is 5.69 Å². The Balaban J connectivity index is 2.55. The first-order valence-electron chi connectivity index (χ1n) is 5.32. The van der Waals surface area contributed by atoms with Crippen LogP contribution in [0.3, 0.4) is 0 Å². The molecule has 0 aromatic heterocycles. The molecule has 0 amide bonds. The standard InChI is InChI=1S/C11H14BrNO4/c12-9-4-5-11(10(8-9)13(15)16)17-7-3-1-2-6-14/h4-5,8,14H,1-3,6-7H2. The minimum absolute atomic E-state index is 0.0402. The van der Waals surface area contributed by atoms with Crippen molar-refractivity contribution >= 4 is 21.6 Å². The van der Waals surface area contributed by atoms with Crippen LogP contribution in [-0.2, 0) is 0 Å². The van der Waals surface area contributed by atoms with E-state index in [1.165, 1.54) is 6.07 Å². The molecule has 0 fully saturated rings. The summed E-state index contributed by atoms with van der Waals surface area (Å²) in [6.45, 7) is 0.584. The molecule has 0 radical (unpaired) electrons. The number of hydrogen-bond donors (Lipinski definition) is 1. The number of aliphatic hydroxyl groups is 1. The van der Waals surface area contributed by atoms with E-state index in [-0.39, 0.29) is 18.0 Å². The van der Waals surface area contributed by atoms with Crippen LogP contribution in [0.5, 0.6) is 5.75 Å². The van der Waals surface area contributed by atoms with Crippen molar-refractivity contribution in [3.8, 4) is 5.75 Å². The van der Waals surface area contributed by atoms with Crippen LogP contribution >= 0.6 is 15.9 Å². The van der Waals surface area contributed by atoms with E-state index in [4.69, 9.17) is 9.84 Å². The highest BCUT2D eigenvalue weighted by molar-refractivity contribution is 9.10. The zero-order chi connectivity index (χ0) is 12.7. The fraction of sp³-hybridized carbons (Fsp3) is 0.455. The van der Waals surface area contributed by atoms with Crippen molar-refractivity contribution in [2.24, 2.45) is 0 Å². The predicted molar refractivity (Wildman–Crippen MR) is 67.2 cm³/mol. The number of nitrogens with zero attached hydrogens (tertiary/aromatic N) is 1. The largest absolute Gasteiger partial charge is 0.487 e. The average molecular weight is 304 g/mol. The topological polar surface area (TPSA) is 72.6 Å². The number of ether oxygens (including phenoxy) is 1. The van der Waals surface area contributed by atoms with E-state index in [0.717, 1.165) is 19.3 Å². The van der Waals surface area contributed by atoms with Crippen LogP contribution in [0.4, 0.5) is 5.69 Å². The molecule has 0 saturated heterocycles. The summed E-state index contributed by atoms with van der Waals surface area (Å²) in [5.41, 5.74) is -0.0402. The highest BCUT2D eigenvalue weighted by atomic mass is 79.9. The van der Waals surface area contributed by atoms with Crippen LogP contribution < -0.4 is 4.74 Å². The fourth-order valence-corrected chi connectivity index (χ4v) is 1.68. The molecule has 1 rings (SSSR count). The van der Waals surface area contributed by atoms with E-state index in [2.05, 4.69) is 15.9 Å². The van der Waals surface area contributed by atoms with Crippen molar-refractivity contribution < 1.29 is 14.8 Å². The van der Waals surface area contributed by atoms with E-state index in [0.29, 0.717) is 11.1 Å². The lowest BCUT2D eigenvalue weighted by Crippen LogP contribution is -2.01. The maximum Gasteiger partial charge on any atom is 0.312 e. The summed E-state index contributed by atoms with van der Waals surface area (Å²) < 4.78 is 6.01. The Kier molecular flexibility index (Phi) is 5.93. The Morgan fingerprint density at radius 3 is 2.76 bits per heavy atom. The van der Waals surface area contributed by atoms with Gasteiger partial charge in [-0.15, -0.1) is 0 Å². The number of rotatable bonds is 7. The molecule has 0 aliphatic rings. The lowest BCUT2D eigenvalue weighted by atomic mass is 10.2. The Labute approximate surface area is 108 Å². The third kappa shape index (κ3) is 4.70. The zero-order valence-corrected chi connectivity index (χ0v) is 10.9. The van der Waals surface area contributed by atoms with Crippen molar-refractivity contribution in [3.05, 3.63) is 32.8 Å². The van der Waals surface area contributed by atoms with Crippen LogP contribution in [0.2, 0.25) is 0 Å². The Morgan fingerprint density at radius 2 is 2.12 bits per heavy atom. The van der Waals surface area contributed by atoms with Crippen molar-refractivity contribution in [2.45, 2.75) is 19.3 Å². The molecule has 0 unspecified atom stereocenters. The smallest absolute Gasteiger partial charge is 0.312 e. The van der Waals surface area contributed by atoms with Gasteiger partial charge in [0.15, 0.2) is 5.75 Å². The molecule has 1 aromatic rings. The number of hydrogen-bond acceptors (Lipinski definition) is 4. The van der Waals surface area contributed by atoms with E-state index >= 15 is 0 Å². The van der Waals surface area contributed by atoms with E-state index < -0.39 is 4.92 Å². The second-order valence-corrected chi connectivity index (χ2v) is 4.42. The lowest BCUT2D eigenvalue weighted by molar-refractivity contribution is -0.385. The first kappa shape index (κ1) is 13.9. The summed E-state index contributed by atoms with van der Waals surface area (Å²) in [5, 5.41) is 19.4. The van der Waals surface area contributed by atoms with Gasteiger partial charge in [0.1, 0.15) is 0 Å². The maximum atomic E-state index is 10.8. The summed E-state index contributed by atoms with van der Waals surface area (Å²) in [6, 6.07) is 4.70. The summed E-state index contributed by atoms with van der Waals surface area (Å²) in [7, 11) is 0. The van der Waals surface area contributed by atoms with Crippen molar-refractivity contribution in [3.63, 3.8) is 0 Å². The number of benzene rings is 1. The van der Waals surface area contributed by atoms with E-state index in [9.17, 15) is 10.1 Å². The summed E-state index contributed by atoms with van der Waals surface area (Å²) in [4.78, 5) is 10.3. The second kappa shape index (κ2) is 7.24.